The summed E-state index contributed by atoms with van der Waals surface area (Å²) < 4.78 is 0. The fourth-order valence-electron chi connectivity index (χ4n) is 3.08. The van der Waals surface area contributed by atoms with Crippen LogP contribution in [0.25, 0.3) is 0 Å². The quantitative estimate of drug-likeness (QED) is 0.592. The van der Waals surface area contributed by atoms with E-state index in [2.05, 4.69) is 21.5 Å². The van der Waals surface area contributed by atoms with Crippen molar-refractivity contribution >= 4 is 29.1 Å². The maximum Gasteiger partial charge on any atom is 0.256 e. The normalized spacial score (nSPS) is 10.0. The Hall–Kier alpha value is -4.44. The zero-order valence-corrected chi connectivity index (χ0v) is 17.8. The molecule has 0 aliphatic rings. The Bertz CT molecular complexity index is 1200. The smallest absolute Gasteiger partial charge is 0.256 e. The highest BCUT2D eigenvalue weighted by molar-refractivity contribution is 6.10. The van der Waals surface area contributed by atoms with Crippen molar-refractivity contribution in [1.82, 2.24) is 9.88 Å². The first-order valence-corrected chi connectivity index (χ1v) is 9.82. The van der Waals surface area contributed by atoms with Crippen molar-refractivity contribution in [2.45, 2.75) is 6.92 Å². The van der Waals surface area contributed by atoms with E-state index in [1.54, 1.807) is 61.5 Å². The lowest BCUT2D eigenvalue weighted by molar-refractivity contribution is -0.116. The summed E-state index contributed by atoms with van der Waals surface area (Å²) >= 11 is 0. The number of carbonyl (C=O) groups is 3. The summed E-state index contributed by atoms with van der Waals surface area (Å²) in [6.45, 7) is 1.62. The van der Waals surface area contributed by atoms with Gasteiger partial charge in [0.1, 0.15) is 0 Å². The second-order valence-electron chi connectivity index (χ2n) is 7.12. The molecule has 7 nitrogen and oxygen atoms in total. The van der Waals surface area contributed by atoms with Crippen LogP contribution in [0, 0.1) is 19.3 Å². The van der Waals surface area contributed by atoms with E-state index in [1.165, 1.54) is 24.3 Å². The minimum atomic E-state index is -0.397. The number of aromatic nitrogens is 1. The predicted molar refractivity (Wildman–Crippen MR) is 123 cm³/mol. The van der Waals surface area contributed by atoms with Crippen molar-refractivity contribution in [2.75, 3.05) is 24.2 Å². The lowest BCUT2D eigenvalue weighted by Gasteiger charge is -2.20. The van der Waals surface area contributed by atoms with Crippen molar-refractivity contribution < 1.29 is 14.4 Å². The molecule has 2 N–H and O–H groups in total. The summed E-state index contributed by atoms with van der Waals surface area (Å²) in [7, 11) is 1.52. The maximum atomic E-state index is 13.1. The Morgan fingerprint density at radius 3 is 2.47 bits per heavy atom. The van der Waals surface area contributed by atoms with Crippen molar-refractivity contribution in [3.05, 3.63) is 89.2 Å². The number of hydrogen-bond acceptors (Lipinski definition) is 4. The molecule has 3 aromatic rings. The van der Waals surface area contributed by atoms with E-state index in [9.17, 15) is 14.4 Å². The number of nitrogens with zero attached hydrogens (tertiary/aromatic N) is 2. The molecule has 0 unspecified atom stereocenters. The van der Waals surface area contributed by atoms with Gasteiger partial charge in [-0.25, -0.2) is 0 Å². The second-order valence-corrected chi connectivity index (χ2v) is 7.12. The largest absolute Gasteiger partial charge is 0.332 e. The maximum absolute atomic E-state index is 13.1. The van der Waals surface area contributed by atoms with Crippen LogP contribution in [0.15, 0.2) is 67.0 Å². The Morgan fingerprint density at radius 2 is 1.75 bits per heavy atom. The summed E-state index contributed by atoms with van der Waals surface area (Å²) in [5.74, 6) is 1.38. The number of aryl methyl sites for hydroxylation is 1. The molecule has 7 heteroatoms. The third-order valence-electron chi connectivity index (χ3n) is 4.72. The molecule has 0 aliphatic carbocycles. The van der Waals surface area contributed by atoms with Gasteiger partial charge < -0.3 is 15.5 Å². The number of nitrogens with one attached hydrogen (secondary N) is 2. The fraction of sp³-hybridized carbons (Fsp3) is 0.120. The molecule has 0 bridgehead atoms. The number of anilines is 2. The Morgan fingerprint density at radius 1 is 1.03 bits per heavy atom. The van der Waals surface area contributed by atoms with Crippen molar-refractivity contribution in [1.29, 1.82) is 0 Å². The third-order valence-corrected chi connectivity index (χ3v) is 4.72. The average Bonchev–Trinajstić information content (AvgIpc) is 2.80. The predicted octanol–water partition coefficient (Wildman–Crippen LogP) is 3.33. The first-order chi connectivity index (χ1) is 15.4. The van der Waals surface area contributed by atoms with Crippen LogP contribution in [0.1, 0.15) is 31.8 Å². The standard InChI is InChI=1S/C25H22N4O3/c1-4-18-8-6-9-20(15-18)27-22(30)16-29(3)25(32)21-10-5-7-17(2)23(21)28-24(31)19-11-13-26-14-12-19/h1,5-15H,16H2,2-3H3,(H,27,30)(H,28,31). The van der Waals surface area contributed by atoms with Crippen molar-refractivity contribution in [3.8, 4) is 12.3 Å². The zero-order chi connectivity index (χ0) is 23.1. The van der Waals surface area contributed by atoms with E-state index in [0.29, 0.717) is 22.5 Å². The second kappa shape index (κ2) is 10.0. The van der Waals surface area contributed by atoms with Crippen LogP contribution in [-0.2, 0) is 4.79 Å². The molecule has 0 spiro atoms. The first-order valence-electron chi connectivity index (χ1n) is 9.82. The monoisotopic (exact) mass is 426 g/mol. The van der Waals surface area contributed by atoms with Crippen LogP contribution >= 0.6 is 0 Å². The number of para-hydroxylation sites is 1. The van der Waals surface area contributed by atoms with Gasteiger partial charge in [-0.3, -0.25) is 19.4 Å². The minimum absolute atomic E-state index is 0.176. The lowest BCUT2D eigenvalue weighted by Crippen LogP contribution is -2.35. The van der Waals surface area contributed by atoms with E-state index < -0.39 is 5.91 Å². The summed E-state index contributed by atoms with van der Waals surface area (Å²) in [6, 6.07) is 15.2. The van der Waals surface area contributed by atoms with Gasteiger partial charge in [-0.1, -0.05) is 24.1 Å². The number of hydrogen-bond donors (Lipinski definition) is 2. The van der Waals surface area contributed by atoms with Crippen LogP contribution in [-0.4, -0.2) is 41.2 Å². The van der Waals surface area contributed by atoms with Gasteiger partial charge in [-0.2, -0.15) is 0 Å². The van der Waals surface area contributed by atoms with Crippen LogP contribution in [0.4, 0.5) is 11.4 Å². The van der Waals surface area contributed by atoms with Crippen LogP contribution in [0.5, 0.6) is 0 Å². The van der Waals surface area contributed by atoms with E-state index in [-0.39, 0.29) is 23.9 Å². The van der Waals surface area contributed by atoms with Crippen LogP contribution in [0.2, 0.25) is 0 Å². The third kappa shape index (κ3) is 5.37. The van der Waals surface area contributed by atoms with Gasteiger partial charge >= 0.3 is 0 Å². The molecule has 0 saturated carbocycles. The minimum Gasteiger partial charge on any atom is -0.332 e. The molecule has 0 fully saturated rings. The van der Waals surface area contributed by atoms with E-state index >= 15 is 0 Å². The molecule has 0 saturated heterocycles. The molecule has 160 valence electrons. The number of carbonyl (C=O) groups excluding carboxylic acids is 3. The molecule has 32 heavy (non-hydrogen) atoms. The Balaban J connectivity index is 1.73. The van der Waals surface area contributed by atoms with Crippen molar-refractivity contribution in [2.24, 2.45) is 0 Å². The molecular weight excluding hydrogens is 404 g/mol. The molecule has 0 radical (unpaired) electrons. The molecule has 0 atom stereocenters. The van der Waals surface area contributed by atoms with Gasteiger partial charge in [0.25, 0.3) is 11.8 Å². The number of benzene rings is 2. The first kappa shape index (κ1) is 22.2. The number of pyridine rings is 1. The SMILES string of the molecule is C#Cc1cccc(NC(=O)CN(C)C(=O)c2cccc(C)c2NC(=O)c2ccncc2)c1. The Labute approximate surface area is 186 Å². The van der Waals surface area contributed by atoms with Gasteiger partial charge in [-0.15, -0.1) is 6.42 Å². The molecule has 1 aromatic heterocycles. The molecule has 1 heterocycles. The highest BCUT2D eigenvalue weighted by Gasteiger charge is 2.21. The Kier molecular flexibility index (Phi) is 6.99. The van der Waals surface area contributed by atoms with Gasteiger partial charge in [0.15, 0.2) is 0 Å². The number of likely N-dealkylation sites (N-methyl/N-ethyl adjacent to an activating group) is 1. The average molecular weight is 426 g/mol. The van der Waals surface area contributed by atoms with Gasteiger partial charge in [0.05, 0.1) is 17.8 Å². The van der Waals surface area contributed by atoms with Gasteiger partial charge in [0, 0.05) is 36.3 Å². The van der Waals surface area contributed by atoms with E-state index in [4.69, 9.17) is 6.42 Å². The molecular formula is C25H22N4O3. The van der Waals surface area contributed by atoms with Crippen LogP contribution < -0.4 is 10.6 Å². The topological polar surface area (TPSA) is 91.4 Å². The van der Waals surface area contributed by atoms with E-state index in [1.807, 2.05) is 0 Å². The summed E-state index contributed by atoms with van der Waals surface area (Å²) in [4.78, 5) is 43.3. The molecule has 3 amide bonds. The fourth-order valence-corrected chi connectivity index (χ4v) is 3.08. The zero-order valence-electron chi connectivity index (χ0n) is 17.8. The summed E-state index contributed by atoms with van der Waals surface area (Å²) in [5, 5.41) is 5.53. The summed E-state index contributed by atoms with van der Waals surface area (Å²) in [5.41, 5.74) is 3.02. The highest BCUT2D eigenvalue weighted by Crippen LogP contribution is 2.23. The van der Waals surface area contributed by atoms with Crippen molar-refractivity contribution in [3.63, 3.8) is 0 Å². The van der Waals surface area contributed by atoms with Gasteiger partial charge in [0.2, 0.25) is 5.91 Å². The van der Waals surface area contributed by atoms with E-state index in [0.717, 1.165) is 5.56 Å². The summed E-state index contributed by atoms with van der Waals surface area (Å²) in [6.07, 6.45) is 8.42. The number of amides is 3. The number of terminal acetylenes is 1. The number of rotatable bonds is 6. The van der Waals surface area contributed by atoms with Gasteiger partial charge in [-0.05, 0) is 48.9 Å². The molecule has 0 aliphatic heterocycles. The molecule has 2 aromatic carbocycles. The van der Waals surface area contributed by atoms with Crippen LogP contribution in [0.3, 0.4) is 0 Å². The molecule has 3 rings (SSSR count). The highest BCUT2D eigenvalue weighted by atomic mass is 16.2. The lowest BCUT2D eigenvalue weighted by atomic mass is 10.1.